The minimum atomic E-state index is -1.15. The minimum Gasteiger partial charge on any atom is -0.497 e. The Morgan fingerprint density at radius 2 is 1.53 bits per heavy atom. The average Bonchev–Trinajstić information content (AvgIpc) is 3.29. The number of imide groups is 1. The summed E-state index contributed by atoms with van der Waals surface area (Å²) in [6.07, 6.45) is 1.89. The first-order chi connectivity index (χ1) is 20.8. The maximum absolute atomic E-state index is 14.3. The van der Waals surface area contributed by atoms with Crippen molar-refractivity contribution in [2.45, 2.75) is 5.92 Å². The largest absolute Gasteiger partial charge is 0.497 e. The van der Waals surface area contributed by atoms with E-state index in [-0.39, 0.29) is 11.4 Å². The Morgan fingerprint density at radius 3 is 2.26 bits per heavy atom. The van der Waals surface area contributed by atoms with Crippen molar-refractivity contribution in [2.24, 2.45) is 17.8 Å². The second-order valence-corrected chi connectivity index (χ2v) is 10.7. The number of fused-ring (bicyclic) bond motifs is 7. The highest BCUT2D eigenvalue weighted by molar-refractivity contribution is 6.25. The first-order valence-corrected chi connectivity index (χ1v) is 13.6. The summed E-state index contributed by atoms with van der Waals surface area (Å²) < 4.78 is 16.3. The van der Waals surface area contributed by atoms with Gasteiger partial charge in [-0.2, -0.15) is 0 Å². The topological polar surface area (TPSA) is 125 Å². The smallest absolute Gasteiger partial charge is 0.319 e. The number of nitro benzene ring substituents is 1. The van der Waals surface area contributed by atoms with Crippen LogP contribution < -0.4 is 19.1 Å². The molecule has 1 saturated heterocycles. The van der Waals surface area contributed by atoms with Crippen molar-refractivity contribution in [1.29, 1.82) is 0 Å². The summed E-state index contributed by atoms with van der Waals surface area (Å²) in [6, 6.07) is 22.4. The van der Waals surface area contributed by atoms with Crippen LogP contribution in [0.3, 0.4) is 0 Å². The van der Waals surface area contributed by atoms with E-state index in [1.807, 2.05) is 48.5 Å². The van der Waals surface area contributed by atoms with Gasteiger partial charge >= 0.3 is 5.97 Å². The van der Waals surface area contributed by atoms with Gasteiger partial charge in [0.1, 0.15) is 22.9 Å². The van der Waals surface area contributed by atoms with Crippen molar-refractivity contribution in [3.05, 3.63) is 106 Å². The highest BCUT2D eigenvalue weighted by Crippen LogP contribution is 2.56. The van der Waals surface area contributed by atoms with E-state index in [0.29, 0.717) is 22.6 Å². The highest BCUT2D eigenvalue weighted by Gasteiger charge is 2.61. The van der Waals surface area contributed by atoms with Gasteiger partial charge in [-0.1, -0.05) is 48.5 Å². The number of allylic oxidation sites excluding steroid dienone is 1. The predicted octanol–water partition coefficient (Wildman–Crippen LogP) is 5.29. The number of esters is 1. The number of rotatable bonds is 5. The molecule has 0 aromatic heterocycles. The molecule has 10 heteroatoms. The van der Waals surface area contributed by atoms with Gasteiger partial charge in [-0.25, -0.2) is 4.90 Å². The van der Waals surface area contributed by atoms with E-state index in [2.05, 4.69) is 0 Å². The fourth-order valence-electron chi connectivity index (χ4n) is 6.69. The van der Waals surface area contributed by atoms with E-state index in [1.54, 1.807) is 25.3 Å². The number of hydrogen-bond acceptors (Lipinski definition) is 8. The summed E-state index contributed by atoms with van der Waals surface area (Å²) in [7, 11) is 2.91. The van der Waals surface area contributed by atoms with E-state index in [0.717, 1.165) is 21.2 Å². The standard InChI is InChI=1S/C33H24N2O8/c1-41-19-10-7-18(8-11-19)22-16-23-27-21-6-4-3-5-17(21)9-14-26(27)43-33(38)29(23)30-28(22)31(36)34(32(30)37)24-13-12-20(42-2)15-25(24)35(39)40/h3-16,22,28-30H,1-2H3/t22-,28-,29-,30+/m0/s1. The lowest BCUT2D eigenvalue weighted by molar-refractivity contribution is -0.384. The number of nitro groups is 1. The first kappa shape index (κ1) is 26.4. The lowest BCUT2D eigenvalue weighted by atomic mass is 9.64. The highest BCUT2D eigenvalue weighted by atomic mass is 16.6. The van der Waals surface area contributed by atoms with Crippen LogP contribution in [-0.4, -0.2) is 36.9 Å². The molecule has 214 valence electrons. The molecule has 2 amide bonds. The molecule has 43 heavy (non-hydrogen) atoms. The maximum Gasteiger partial charge on any atom is 0.319 e. The van der Waals surface area contributed by atoms with Crippen LogP contribution in [0.1, 0.15) is 17.0 Å². The molecule has 0 unspecified atom stereocenters. The Morgan fingerprint density at radius 1 is 0.837 bits per heavy atom. The molecule has 4 aromatic rings. The molecule has 1 aliphatic carbocycles. The fraction of sp³-hybridized carbons (Fsp3) is 0.182. The summed E-state index contributed by atoms with van der Waals surface area (Å²) >= 11 is 0. The molecule has 4 aromatic carbocycles. The summed E-state index contributed by atoms with van der Waals surface area (Å²) in [6.45, 7) is 0. The van der Waals surface area contributed by atoms with Gasteiger partial charge in [-0.15, -0.1) is 0 Å². The Kier molecular flexibility index (Phi) is 6.01. The number of carbonyl (C=O) groups is 3. The zero-order chi connectivity index (χ0) is 30.0. The molecule has 1 fully saturated rings. The van der Waals surface area contributed by atoms with Crippen molar-refractivity contribution < 1.29 is 33.5 Å². The second-order valence-electron chi connectivity index (χ2n) is 10.7. The van der Waals surface area contributed by atoms with Gasteiger partial charge in [-0.05, 0) is 52.2 Å². The molecule has 0 N–H and O–H groups in total. The normalized spacial score (nSPS) is 22.3. The van der Waals surface area contributed by atoms with E-state index in [4.69, 9.17) is 14.2 Å². The van der Waals surface area contributed by atoms with Crippen molar-refractivity contribution in [3.63, 3.8) is 0 Å². The Balaban J connectivity index is 1.45. The van der Waals surface area contributed by atoms with Crippen molar-refractivity contribution in [2.75, 3.05) is 19.1 Å². The Bertz CT molecular complexity index is 1900. The third kappa shape index (κ3) is 3.90. The lowest BCUT2D eigenvalue weighted by Gasteiger charge is -2.38. The molecular weight excluding hydrogens is 552 g/mol. The van der Waals surface area contributed by atoms with Crippen LogP contribution in [0.4, 0.5) is 11.4 Å². The molecule has 2 heterocycles. The zero-order valence-electron chi connectivity index (χ0n) is 23.1. The number of ether oxygens (including phenoxy) is 3. The first-order valence-electron chi connectivity index (χ1n) is 13.6. The van der Waals surface area contributed by atoms with Crippen LogP contribution in [-0.2, 0) is 14.4 Å². The van der Waals surface area contributed by atoms with E-state index in [1.165, 1.54) is 25.3 Å². The molecule has 0 saturated carbocycles. The lowest BCUT2D eigenvalue weighted by Crippen LogP contribution is -2.42. The molecular formula is C33H24N2O8. The van der Waals surface area contributed by atoms with Gasteiger partial charge in [-0.3, -0.25) is 24.5 Å². The summed E-state index contributed by atoms with van der Waals surface area (Å²) in [5, 5.41) is 13.8. The van der Waals surface area contributed by atoms with Gasteiger partial charge in [0.15, 0.2) is 0 Å². The van der Waals surface area contributed by atoms with Crippen LogP contribution in [0, 0.1) is 27.9 Å². The monoisotopic (exact) mass is 576 g/mol. The molecule has 0 spiro atoms. The number of methoxy groups -OCH3 is 2. The molecule has 10 nitrogen and oxygen atoms in total. The second kappa shape index (κ2) is 9.80. The maximum atomic E-state index is 14.3. The Labute approximate surface area is 245 Å². The van der Waals surface area contributed by atoms with Crippen LogP contribution in [0.25, 0.3) is 16.3 Å². The molecule has 3 aliphatic rings. The number of hydrogen-bond donors (Lipinski definition) is 0. The predicted molar refractivity (Wildman–Crippen MR) is 156 cm³/mol. The van der Waals surface area contributed by atoms with E-state index in [9.17, 15) is 24.5 Å². The van der Waals surface area contributed by atoms with Gasteiger partial charge in [0, 0.05) is 11.5 Å². The minimum absolute atomic E-state index is 0.180. The zero-order valence-corrected chi connectivity index (χ0v) is 23.1. The van der Waals surface area contributed by atoms with Gasteiger partial charge in [0.05, 0.1) is 43.0 Å². The van der Waals surface area contributed by atoms with Gasteiger partial charge in [0.25, 0.3) is 5.69 Å². The third-order valence-corrected chi connectivity index (χ3v) is 8.60. The van der Waals surface area contributed by atoms with Crippen molar-refractivity contribution in [1.82, 2.24) is 0 Å². The van der Waals surface area contributed by atoms with Crippen LogP contribution >= 0.6 is 0 Å². The molecule has 4 atom stereocenters. The van der Waals surface area contributed by atoms with Gasteiger partial charge < -0.3 is 14.2 Å². The van der Waals surface area contributed by atoms with Gasteiger partial charge in [0.2, 0.25) is 11.8 Å². The molecule has 7 rings (SSSR count). The SMILES string of the molecule is COc1ccc([C@@H]2C=C3c4c(ccc5ccccc45)OC(=O)[C@@H]3[C@@H]3C(=O)N(c4ccc(OC)cc4[N+](=O)[O-])C(=O)[C@H]32)cc1. The summed E-state index contributed by atoms with van der Waals surface area (Å²) in [4.78, 5) is 54.5. The molecule has 0 bridgehead atoms. The number of benzene rings is 4. The summed E-state index contributed by atoms with van der Waals surface area (Å²) in [5.74, 6) is -4.66. The number of nitrogens with zero attached hydrogens (tertiary/aromatic N) is 2. The molecule has 0 radical (unpaired) electrons. The summed E-state index contributed by atoms with van der Waals surface area (Å²) in [5.41, 5.74) is 1.37. The van der Waals surface area contributed by atoms with Crippen molar-refractivity contribution in [3.8, 4) is 17.2 Å². The van der Waals surface area contributed by atoms with Crippen molar-refractivity contribution >= 4 is 45.5 Å². The van der Waals surface area contributed by atoms with Crippen LogP contribution in [0.15, 0.2) is 84.9 Å². The fourth-order valence-corrected chi connectivity index (χ4v) is 6.69. The van der Waals surface area contributed by atoms with Crippen LogP contribution in [0.5, 0.6) is 17.2 Å². The van der Waals surface area contributed by atoms with E-state index >= 15 is 0 Å². The average molecular weight is 577 g/mol. The third-order valence-electron chi connectivity index (χ3n) is 8.60. The van der Waals surface area contributed by atoms with Crippen LogP contribution in [0.2, 0.25) is 0 Å². The Hall–Kier alpha value is -5.51. The number of anilines is 1. The molecule has 2 aliphatic heterocycles. The van der Waals surface area contributed by atoms with E-state index < -0.39 is 52.1 Å². The quantitative estimate of drug-likeness (QED) is 0.103. The number of carbonyl (C=O) groups excluding carboxylic acids is 3. The number of amides is 2.